The molecule has 1 heterocycles. The van der Waals surface area contributed by atoms with Crippen molar-refractivity contribution in [2.75, 3.05) is 13.2 Å². The number of hydrogen-bond donors (Lipinski definition) is 1. The van der Waals surface area contributed by atoms with Crippen molar-refractivity contribution in [3.63, 3.8) is 0 Å². The molecule has 1 amide bonds. The fourth-order valence-electron chi connectivity index (χ4n) is 3.81. The predicted octanol–water partition coefficient (Wildman–Crippen LogP) is 5.47. The van der Waals surface area contributed by atoms with E-state index >= 15 is 0 Å². The number of rotatable bonds is 10. The molecule has 6 heteroatoms. The van der Waals surface area contributed by atoms with E-state index in [0.29, 0.717) is 36.7 Å². The number of imidazole rings is 1. The van der Waals surface area contributed by atoms with Gasteiger partial charge in [0, 0.05) is 13.0 Å². The molecule has 0 atom stereocenters. The highest BCUT2D eigenvalue weighted by molar-refractivity contribution is 6.33. The van der Waals surface area contributed by atoms with Crippen molar-refractivity contribution in [1.82, 2.24) is 14.9 Å². The van der Waals surface area contributed by atoms with Gasteiger partial charge in [0.05, 0.1) is 28.2 Å². The van der Waals surface area contributed by atoms with Crippen LogP contribution in [-0.2, 0) is 19.4 Å². The van der Waals surface area contributed by atoms with Gasteiger partial charge in [-0.1, -0.05) is 60.1 Å². The van der Waals surface area contributed by atoms with E-state index in [1.165, 1.54) is 0 Å². The largest absolute Gasteiger partial charge is 0.491 e. The van der Waals surface area contributed by atoms with E-state index in [0.717, 1.165) is 34.6 Å². The summed E-state index contributed by atoms with van der Waals surface area (Å²) in [4.78, 5) is 17.3. The Hall–Kier alpha value is -3.57. The number of carbonyl (C=O) groups is 1. The number of ether oxygens (including phenoxy) is 1. The molecule has 33 heavy (non-hydrogen) atoms. The van der Waals surface area contributed by atoms with Gasteiger partial charge < -0.3 is 14.6 Å². The number of nitrogens with zero attached hydrogens (tertiary/aromatic N) is 2. The highest BCUT2D eigenvalue weighted by atomic mass is 35.5. The average Bonchev–Trinajstić information content (AvgIpc) is 3.18. The van der Waals surface area contributed by atoms with E-state index in [-0.39, 0.29) is 5.91 Å². The topological polar surface area (TPSA) is 56.1 Å². The molecule has 0 aliphatic heterocycles. The maximum Gasteiger partial charge on any atom is 0.252 e. The van der Waals surface area contributed by atoms with Crippen molar-refractivity contribution in [3.05, 3.63) is 107 Å². The molecule has 3 aromatic carbocycles. The first-order chi connectivity index (χ1) is 16.2. The fourth-order valence-corrected chi connectivity index (χ4v) is 4.03. The minimum Gasteiger partial charge on any atom is -0.491 e. The van der Waals surface area contributed by atoms with Crippen LogP contribution in [-0.4, -0.2) is 28.6 Å². The summed E-state index contributed by atoms with van der Waals surface area (Å²) >= 11 is 6.14. The van der Waals surface area contributed by atoms with E-state index in [1.54, 1.807) is 24.3 Å². The second-order valence-corrected chi connectivity index (χ2v) is 8.01. The zero-order chi connectivity index (χ0) is 23.0. The Labute approximate surface area is 198 Å². The van der Waals surface area contributed by atoms with Gasteiger partial charge in [0.2, 0.25) is 0 Å². The molecule has 4 rings (SSSR count). The average molecular weight is 460 g/mol. The monoisotopic (exact) mass is 459 g/mol. The molecule has 0 bridgehead atoms. The van der Waals surface area contributed by atoms with Crippen LogP contribution in [0.3, 0.4) is 0 Å². The molecule has 0 radical (unpaired) electrons. The third-order valence-corrected chi connectivity index (χ3v) is 5.73. The number of nitrogens with one attached hydrogen (secondary N) is 1. The molecular weight excluding hydrogens is 434 g/mol. The summed E-state index contributed by atoms with van der Waals surface area (Å²) in [6.07, 6.45) is 3.24. The Balaban J connectivity index is 1.44. The highest BCUT2D eigenvalue weighted by Crippen LogP contribution is 2.20. The molecule has 1 aromatic heterocycles. The van der Waals surface area contributed by atoms with E-state index < -0.39 is 0 Å². The molecule has 0 aliphatic carbocycles. The number of aromatic nitrogens is 2. The first-order valence-electron chi connectivity index (χ1n) is 11.0. The minimum absolute atomic E-state index is 0.189. The summed E-state index contributed by atoms with van der Waals surface area (Å²) in [6, 6.07) is 23.1. The third-order valence-electron chi connectivity index (χ3n) is 5.40. The third kappa shape index (κ3) is 5.44. The maximum absolute atomic E-state index is 12.5. The molecule has 0 saturated heterocycles. The molecule has 4 aromatic rings. The number of para-hydroxylation sites is 3. The van der Waals surface area contributed by atoms with E-state index in [4.69, 9.17) is 21.3 Å². The quantitative estimate of drug-likeness (QED) is 0.320. The normalized spacial score (nSPS) is 10.8. The van der Waals surface area contributed by atoms with Gasteiger partial charge in [0.1, 0.15) is 18.2 Å². The summed E-state index contributed by atoms with van der Waals surface area (Å²) in [6.45, 7) is 5.44. The van der Waals surface area contributed by atoms with Crippen molar-refractivity contribution < 1.29 is 9.53 Å². The Morgan fingerprint density at radius 2 is 1.82 bits per heavy atom. The van der Waals surface area contributed by atoms with Crippen molar-refractivity contribution in [3.8, 4) is 5.75 Å². The second-order valence-electron chi connectivity index (χ2n) is 7.60. The van der Waals surface area contributed by atoms with Crippen molar-refractivity contribution >= 4 is 28.5 Å². The lowest BCUT2D eigenvalue weighted by molar-refractivity contribution is 0.0954. The fraction of sp³-hybridized carbons (Fsp3) is 0.185. The van der Waals surface area contributed by atoms with Gasteiger partial charge in [-0.3, -0.25) is 4.79 Å². The maximum atomic E-state index is 12.5. The SMILES string of the molecule is C=CCc1ccccc1OCCn1c(CCNC(=O)c2ccccc2Cl)nc2ccccc21. The number of amides is 1. The lowest BCUT2D eigenvalue weighted by Crippen LogP contribution is -2.27. The highest BCUT2D eigenvalue weighted by Gasteiger charge is 2.13. The van der Waals surface area contributed by atoms with Crippen molar-refractivity contribution in [2.45, 2.75) is 19.4 Å². The number of hydrogen-bond acceptors (Lipinski definition) is 3. The van der Waals surface area contributed by atoms with Gasteiger partial charge in [-0.25, -0.2) is 4.98 Å². The first-order valence-corrected chi connectivity index (χ1v) is 11.3. The van der Waals surface area contributed by atoms with Crippen LogP contribution in [0.2, 0.25) is 5.02 Å². The van der Waals surface area contributed by atoms with Crippen LogP contribution in [0.15, 0.2) is 85.5 Å². The predicted molar refractivity (Wildman–Crippen MR) is 133 cm³/mol. The summed E-state index contributed by atoms with van der Waals surface area (Å²) in [5, 5.41) is 3.39. The molecule has 0 aliphatic rings. The van der Waals surface area contributed by atoms with Gasteiger partial charge >= 0.3 is 0 Å². The molecule has 0 unspecified atom stereocenters. The Morgan fingerprint density at radius 1 is 1.06 bits per heavy atom. The van der Waals surface area contributed by atoms with E-state index in [2.05, 4.69) is 28.6 Å². The molecule has 5 nitrogen and oxygen atoms in total. The Morgan fingerprint density at radius 3 is 2.67 bits per heavy atom. The van der Waals surface area contributed by atoms with E-state index in [9.17, 15) is 4.79 Å². The number of fused-ring (bicyclic) bond motifs is 1. The van der Waals surface area contributed by atoms with Crippen LogP contribution in [0.25, 0.3) is 11.0 Å². The molecule has 1 N–H and O–H groups in total. The van der Waals surface area contributed by atoms with Gasteiger partial charge in [0.15, 0.2) is 0 Å². The zero-order valence-electron chi connectivity index (χ0n) is 18.3. The first kappa shape index (κ1) is 22.6. The molecule has 0 spiro atoms. The van der Waals surface area contributed by atoms with Crippen LogP contribution in [0.1, 0.15) is 21.7 Å². The Bertz CT molecular complexity index is 1270. The molecule has 0 fully saturated rings. The molecule has 0 saturated carbocycles. The van der Waals surface area contributed by atoms with Gasteiger partial charge in [0.25, 0.3) is 5.91 Å². The number of carbonyl (C=O) groups excluding carboxylic acids is 1. The summed E-state index contributed by atoms with van der Waals surface area (Å²) in [5.41, 5.74) is 3.56. The standard InChI is InChI=1S/C27H26ClN3O2/c1-2-9-20-10-3-8-15-25(20)33-19-18-31-24-14-7-6-13-23(24)30-26(31)16-17-29-27(32)21-11-4-5-12-22(21)28/h2-8,10-15H,1,9,16-19H2,(H,29,32). The molecule has 168 valence electrons. The van der Waals surface area contributed by atoms with E-state index in [1.807, 2.05) is 42.5 Å². The number of allylic oxidation sites excluding steroid dienone is 1. The number of halogens is 1. The van der Waals surface area contributed by atoms with Gasteiger partial charge in [-0.05, 0) is 42.3 Å². The summed E-state index contributed by atoms with van der Waals surface area (Å²) in [7, 11) is 0. The van der Waals surface area contributed by atoms with Crippen molar-refractivity contribution in [2.24, 2.45) is 0 Å². The van der Waals surface area contributed by atoms with Crippen LogP contribution in [0.4, 0.5) is 0 Å². The molecular formula is C27H26ClN3O2. The van der Waals surface area contributed by atoms with Crippen LogP contribution < -0.4 is 10.1 Å². The summed E-state index contributed by atoms with van der Waals surface area (Å²) in [5.74, 6) is 1.58. The minimum atomic E-state index is -0.189. The lowest BCUT2D eigenvalue weighted by Gasteiger charge is -2.13. The smallest absolute Gasteiger partial charge is 0.252 e. The number of benzene rings is 3. The second kappa shape index (κ2) is 10.8. The van der Waals surface area contributed by atoms with Crippen molar-refractivity contribution in [1.29, 1.82) is 0 Å². The van der Waals surface area contributed by atoms with Gasteiger partial charge in [-0.15, -0.1) is 6.58 Å². The van der Waals surface area contributed by atoms with Crippen LogP contribution in [0, 0.1) is 0 Å². The Kier molecular flexibility index (Phi) is 7.43. The van der Waals surface area contributed by atoms with Crippen LogP contribution in [0.5, 0.6) is 5.75 Å². The van der Waals surface area contributed by atoms with Gasteiger partial charge in [-0.2, -0.15) is 0 Å². The zero-order valence-corrected chi connectivity index (χ0v) is 19.1. The summed E-state index contributed by atoms with van der Waals surface area (Å²) < 4.78 is 8.26. The van der Waals surface area contributed by atoms with Crippen LogP contribution >= 0.6 is 11.6 Å². The lowest BCUT2D eigenvalue weighted by atomic mass is 10.1.